The maximum atomic E-state index is 14.2. The van der Waals surface area contributed by atoms with Crippen LogP contribution in [0, 0.1) is 11.6 Å². The zero-order valence-electron chi connectivity index (χ0n) is 10.1. The molecule has 0 aliphatic heterocycles. The Kier molecular flexibility index (Phi) is 4.08. The van der Waals surface area contributed by atoms with Crippen molar-refractivity contribution in [1.29, 1.82) is 0 Å². The van der Waals surface area contributed by atoms with Crippen LogP contribution in [-0.2, 0) is 5.54 Å². The Morgan fingerprint density at radius 3 is 2.42 bits per heavy atom. The molecule has 1 unspecified atom stereocenters. The first-order chi connectivity index (χ1) is 8.84. The average molecular weight is 391 g/mol. The molecule has 0 spiro atoms. The number of nitrogens with two attached hydrogens (primary N) is 1. The van der Waals surface area contributed by atoms with E-state index < -0.39 is 17.2 Å². The molecule has 0 saturated heterocycles. The fraction of sp³-hybridized carbons (Fsp3) is 0.143. The highest BCUT2D eigenvalue weighted by molar-refractivity contribution is 9.10. The van der Waals surface area contributed by atoms with Gasteiger partial charge in [-0.1, -0.05) is 28.1 Å². The second-order valence-corrected chi connectivity index (χ2v) is 6.20. The van der Waals surface area contributed by atoms with Crippen molar-refractivity contribution in [3.8, 4) is 0 Å². The largest absolute Gasteiger partial charge is 0.318 e. The van der Waals surface area contributed by atoms with Gasteiger partial charge in [0.05, 0.1) is 10.0 Å². The molecule has 0 amide bonds. The summed E-state index contributed by atoms with van der Waals surface area (Å²) < 4.78 is 29.1. The number of hydrogen-bond acceptors (Lipinski definition) is 1. The van der Waals surface area contributed by atoms with E-state index in [1.54, 1.807) is 25.1 Å². The highest BCUT2D eigenvalue weighted by Gasteiger charge is 2.31. The van der Waals surface area contributed by atoms with Crippen LogP contribution < -0.4 is 5.73 Å². The molecular formula is C14H11Br2F2N. The van der Waals surface area contributed by atoms with Gasteiger partial charge in [0.2, 0.25) is 0 Å². The van der Waals surface area contributed by atoms with E-state index in [0.717, 1.165) is 4.47 Å². The van der Waals surface area contributed by atoms with Crippen LogP contribution in [0.1, 0.15) is 18.1 Å². The Hall–Kier alpha value is -0.780. The van der Waals surface area contributed by atoms with Gasteiger partial charge in [0.1, 0.15) is 11.6 Å². The Morgan fingerprint density at radius 1 is 1.11 bits per heavy atom. The molecule has 0 fully saturated rings. The molecule has 0 radical (unpaired) electrons. The Bertz CT molecular complexity index is 627. The van der Waals surface area contributed by atoms with E-state index in [-0.39, 0.29) is 10.0 Å². The van der Waals surface area contributed by atoms with Crippen molar-refractivity contribution in [2.45, 2.75) is 12.5 Å². The lowest BCUT2D eigenvalue weighted by atomic mass is 9.85. The zero-order valence-corrected chi connectivity index (χ0v) is 13.2. The molecule has 0 aliphatic rings. The SMILES string of the molecule is CC(N)(c1cccc(Br)c1)c1c(F)ccc(Br)c1F. The Morgan fingerprint density at radius 2 is 1.79 bits per heavy atom. The zero-order chi connectivity index (χ0) is 14.2. The minimum atomic E-state index is -1.26. The van der Waals surface area contributed by atoms with Gasteiger partial charge in [-0.25, -0.2) is 8.78 Å². The molecule has 0 heterocycles. The van der Waals surface area contributed by atoms with Crippen LogP contribution >= 0.6 is 31.9 Å². The van der Waals surface area contributed by atoms with E-state index in [1.165, 1.54) is 12.1 Å². The summed E-state index contributed by atoms with van der Waals surface area (Å²) in [7, 11) is 0. The van der Waals surface area contributed by atoms with Gasteiger partial charge in [0.15, 0.2) is 0 Å². The number of hydrogen-bond donors (Lipinski definition) is 1. The summed E-state index contributed by atoms with van der Waals surface area (Å²) in [6.07, 6.45) is 0. The highest BCUT2D eigenvalue weighted by Crippen LogP contribution is 2.34. The molecule has 2 aromatic carbocycles. The van der Waals surface area contributed by atoms with Crippen LogP contribution in [0.2, 0.25) is 0 Å². The van der Waals surface area contributed by atoms with E-state index in [2.05, 4.69) is 31.9 Å². The fourth-order valence-electron chi connectivity index (χ4n) is 1.96. The van der Waals surface area contributed by atoms with Gasteiger partial charge in [-0.3, -0.25) is 0 Å². The molecule has 0 aromatic heterocycles. The van der Waals surface area contributed by atoms with Gasteiger partial charge in [-0.2, -0.15) is 0 Å². The summed E-state index contributed by atoms with van der Waals surface area (Å²) in [6.45, 7) is 1.59. The first kappa shape index (κ1) is 14.6. The predicted octanol–water partition coefficient (Wildman–Crippen LogP) is 4.71. The van der Waals surface area contributed by atoms with Crippen molar-refractivity contribution >= 4 is 31.9 Å². The van der Waals surface area contributed by atoms with Gasteiger partial charge in [-0.05, 0) is 52.7 Å². The minimum absolute atomic E-state index is 0.153. The second-order valence-electron chi connectivity index (χ2n) is 4.43. The standard InChI is InChI=1S/C14H11Br2F2N/c1-14(19,8-3-2-4-9(15)7-8)12-11(17)6-5-10(16)13(12)18/h2-7H,19H2,1H3. The van der Waals surface area contributed by atoms with Gasteiger partial charge in [0.25, 0.3) is 0 Å². The van der Waals surface area contributed by atoms with Crippen LogP contribution in [-0.4, -0.2) is 0 Å². The molecule has 1 nitrogen and oxygen atoms in total. The van der Waals surface area contributed by atoms with Crippen molar-refractivity contribution < 1.29 is 8.78 Å². The van der Waals surface area contributed by atoms with Crippen LogP contribution in [0.3, 0.4) is 0 Å². The quantitative estimate of drug-likeness (QED) is 0.738. The highest BCUT2D eigenvalue weighted by atomic mass is 79.9. The summed E-state index contributed by atoms with van der Waals surface area (Å²) >= 11 is 6.38. The molecule has 0 aliphatic carbocycles. The molecule has 19 heavy (non-hydrogen) atoms. The summed E-state index contributed by atoms with van der Waals surface area (Å²) in [5.74, 6) is -1.34. The van der Waals surface area contributed by atoms with Crippen molar-refractivity contribution in [2.75, 3.05) is 0 Å². The average Bonchev–Trinajstić information content (AvgIpc) is 2.34. The first-order valence-corrected chi connectivity index (χ1v) is 7.11. The van der Waals surface area contributed by atoms with Crippen molar-refractivity contribution in [2.24, 2.45) is 5.73 Å². The van der Waals surface area contributed by atoms with Crippen LogP contribution in [0.15, 0.2) is 45.3 Å². The van der Waals surface area contributed by atoms with Crippen molar-refractivity contribution in [3.63, 3.8) is 0 Å². The summed E-state index contributed by atoms with van der Waals surface area (Å²) in [5, 5.41) is 0. The molecule has 2 aromatic rings. The summed E-state index contributed by atoms with van der Waals surface area (Å²) in [5.41, 5.74) is 5.39. The van der Waals surface area contributed by atoms with E-state index >= 15 is 0 Å². The maximum Gasteiger partial charge on any atom is 0.145 e. The van der Waals surface area contributed by atoms with Gasteiger partial charge in [-0.15, -0.1) is 0 Å². The van der Waals surface area contributed by atoms with Crippen molar-refractivity contribution in [3.05, 3.63) is 68.1 Å². The molecule has 100 valence electrons. The van der Waals surface area contributed by atoms with E-state index in [4.69, 9.17) is 5.73 Å². The fourth-order valence-corrected chi connectivity index (χ4v) is 2.69. The third-order valence-corrected chi connectivity index (χ3v) is 4.09. The normalized spacial score (nSPS) is 14.2. The number of halogens is 4. The van der Waals surface area contributed by atoms with E-state index in [9.17, 15) is 8.78 Å². The molecular weight excluding hydrogens is 380 g/mol. The Labute approximate surface area is 127 Å². The third-order valence-electron chi connectivity index (χ3n) is 2.99. The Balaban J connectivity index is 2.66. The molecule has 0 saturated carbocycles. The second kappa shape index (κ2) is 5.31. The van der Waals surface area contributed by atoms with Crippen LogP contribution in [0.5, 0.6) is 0 Å². The topological polar surface area (TPSA) is 26.0 Å². The van der Waals surface area contributed by atoms with Crippen LogP contribution in [0.4, 0.5) is 8.78 Å². The lowest BCUT2D eigenvalue weighted by molar-refractivity contribution is 0.479. The van der Waals surface area contributed by atoms with Gasteiger partial charge < -0.3 is 5.73 Å². The van der Waals surface area contributed by atoms with Gasteiger partial charge in [0, 0.05) is 10.0 Å². The van der Waals surface area contributed by atoms with Crippen LogP contribution in [0.25, 0.3) is 0 Å². The van der Waals surface area contributed by atoms with Gasteiger partial charge >= 0.3 is 0 Å². The molecule has 2 rings (SSSR count). The lowest BCUT2D eigenvalue weighted by Crippen LogP contribution is -2.36. The first-order valence-electron chi connectivity index (χ1n) is 5.53. The molecule has 5 heteroatoms. The monoisotopic (exact) mass is 389 g/mol. The number of benzene rings is 2. The summed E-state index contributed by atoms with van der Waals surface area (Å²) in [6, 6.07) is 9.62. The van der Waals surface area contributed by atoms with E-state index in [1.807, 2.05) is 6.07 Å². The minimum Gasteiger partial charge on any atom is -0.318 e. The molecule has 0 bridgehead atoms. The third kappa shape index (κ3) is 2.73. The molecule has 1 atom stereocenters. The van der Waals surface area contributed by atoms with E-state index in [0.29, 0.717) is 5.56 Å². The number of rotatable bonds is 2. The smallest absolute Gasteiger partial charge is 0.145 e. The molecule has 2 N–H and O–H groups in total. The maximum absolute atomic E-state index is 14.2. The van der Waals surface area contributed by atoms with Crippen molar-refractivity contribution in [1.82, 2.24) is 0 Å². The summed E-state index contributed by atoms with van der Waals surface area (Å²) in [4.78, 5) is 0. The lowest BCUT2D eigenvalue weighted by Gasteiger charge is -2.27. The predicted molar refractivity (Wildman–Crippen MR) is 78.8 cm³/mol.